The van der Waals surface area contributed by atoms with E-state index in [0.717, 1.165) is 103 Å². The molecule has 9 rings (SSSR count). The Hall–Kier alpha value is -5.85. The number of hydrogen-bond donors (Lipinski definition) is 0. The summed E-state index contributed by atoms with van der Waals surface area (Å²) in [4.78, 5) is 16.1. The van der Waals surface area contributed by atoms with Gasteiger partial charge in [-0.2, -0.15) is 13.1 Å². The molecule has 0 aliphatic carbocycles. The van der Waals surface area contributed by atoms with Crippen molar-refractivity contribution >= 4 is 34.6 Å². The highest BCUT2D eigenvalue weighted by atomic mass is 32.1. The molecule has 0 unspecified atom stereocenters. The minimum atomic E-state index is 0.750. The third-order valence-electron chi connectivity index (χ3n) is 11.7. The van der Waals surface area contributed by atoms with Crippen molar-refractivity contribution in [3.63, 3.8) is 0 Å². The molecule has 0 fully saturated rings. The fraction of sp³-hybridized carbons (Fsp3) is 0.500. The van der Waals surface area contributed by atoms with Crippen LogP contribution in [-0.4, -0.2) is 43.5 Å². The monoisotopic (exact) mass is 1050 g/mol. The molecule has 9 heterocycles. The quantitative estimate of drug-likeness (QED) is 0.139. The second kappa shape index (κ2) is 30.9. The van der Waals surface area contributed by atoms with Crippen molar-refractivity contribution in [2.75, 3.05) is 0 Å². The smallest absolute Gasteiger partial charge is 0.191 e. The van der Waals surface area contributed by atoms with Crippen molar-refractivity contribution < 1.29 is 26.8 Å². The first-order chi connectivity index (χ1) is 33.4. The first-order valence-electron chi connectivity index (χ1n) is 23.5. The summed E-state index contributed by atoms with van der Waals surface area (Å²) in [6.45, 7) is 53.4. The van der Waals surface area contributed by atoms with E-state index in [2.05, 4.69) is 85.1 Å². The lowest BCUT2D eigenvalue weighted by atomic mass is 10.2. The summed E-state index contributed by atoms with van der Waals surface area (Å²) in [6, 6.07) is 0. The van der Waals surface area contributed by atoms with E-state index in [4.69, 9.17) is 26.8 Å². The lowest BCUT2D eigenvalue weighted by molar-refractivity contribution is 0.392. The van der Waals surface area contributed by atoms with Crippen molar-refractivity contribution in [2.24, 2.45) is 0 Å². The Bertz CT molecular complexity index is 2360. The van der Waals surface area contributed by atoms with Crippen molar-refractivity contribution in [3.05, 3.63) is 151 Å². The van der Waals surface area contributed by atoms with Gasteiger partial charge in [0.15, 0.2) is 17.7 Å². The molecule has 15 nitrogen and oxygen atoms in total. The van der Waals surface area contributed by atoms with Crippen LogP contribution >= 0.6 is 34.6 Å². The summed E-state index contributed by atoms with van der Waals surface area (Å²) in [5.74, 6) is 7.76. The minimum Gasteiger partial charge on any atom is -0.446 e. The highest BCUT2D eigenvalue weighted by Gasteiger charge is 2.04. The molecule has 0 aliphatic heterocycles. The van der Waals surface area contributed by atoms with Gasteiger partial charge in [-0.05, 0) is 217 Å². The fourth-order valence-electron chi connectivity index (χ4n) is 5.07. The summed E-state index contributed by atoms with van der Waals surface area (Å²) in [5.41, 5.74) is 17.0. The molecule has 18 heteroatoms. The molecule has 9 aromatic rings. The Balaban J connectivity index is 0.000000405. The molecule has 72 heavy (non-hydrogen) atoms. The lowest BCUT2D eigenvalue weighted by Crippen LogP contribution is -1.73. The molecule has 9 aromatic heterocycles. The molecule has 0 aliphatic rings. The predicted molar refractivity (Wildman–Crippen MR) is 293 cm³/mol. The average Bonchev–Trinajstić information content (AvgIpc) is 4.24. The van der Waals surface area contributed by atoms with Crippen LogP contribution in [0.25, 0.3) is 0 Å². The van der Waals surface area contributed by atoms with E-state index in [1.54, 1.807) is 34.6 Å². The first-order valence-corrected chi connectivity index (χ1v) is 25.8. The van der Waals surface area contributed by atoms with Crippen molar-refractivity contribution in [1.82, 2.24) is 43.5 Å². The van der Waals surface area contributed by atoms with Crippen LogP contribution in [0.1, 0.15) is 151 Å². The molecular formula is C54H81N9O6S3. The van der Waals surface area contributed by atoms with Crippen LogP contribution < -0.4 is 0 Å². The Kier molecular flexibility index (Phi) is 27.5. The van der Waals surface area contributed by atoms with E-state index in [1.165, 1.54) is 48.4 Å². The highest BCUT2D eigenvalue weighted by Crippen LogP contribution is 2.17. The molecule has 0 saturated heterocycles. The molecule has 0 amide bonds. The van der Waals surface area contributed by atoms with E-state index in [1.807, 2.05) is 145 Å². The topological polar surface area (TPSA) is 195 Å². The minimum absolute atomic E-state index is 0.750. The molecule has 0 atom stereocenters. The van der Waals surface area contributed by atoms with E-state index >= 15 is 0 Å². The van der Waals surface area contributed by atoms with Crippen molar-refractivity contribution in [3.8, 4) is 0 Å². The van der Waals surface area contributed by atoms with E-state index in [0.29, 0.717) is 0 Å². The molecule has 0 radical (unpaired) electrons. The van der Waals surface area contributed by atoms with Gasteiger partial charge in [0.1, 0.15) is 34.6 Å². The number of aromatic nitrogens is 9. The summed E-state index contributed by atoms with van der Waals surface area (Å²) in [7, 11) is 0. The van der Waals surface area contributed by atoms with Gasteiger partial charge in [-0.3, -0.25) is 0 Å². The summed E-state index contributed by atoms with van der Waals surface area (Å²) < 4.78 is 42.3. The zero-order chi connectivity index (χ0) is 55.3. The van der Waals surface area contributed by atoms with E-state index < -0.39 is 0 Å². The molecule has 0 aromatic carbocycles. The summed E-state index contributed by atoms with van der Waals surface area (Å²) >= 11 is 4.74. The molecular weight excluding hydrogens is 967 g/mol. The van der Waals surface area contributed by atoms with Crippen LogP contribution in [0, 0.1) is 187 Å². The van der Waals surface area contributed by atoms with Gasteiger partial charge in [0.05, 0.1) is 51.2 Å². The molecule has 0 saturated carbocycles. The Morgan fingerprint density at radius 1 is 0.236 bits per heavy atom. The largest absolute Gasteiger partial charge is 0.446 e. The van der Waals surface area contributed by atoms with Gasteiger partial charge in [-0.1, -0.05) is 15.5 Å². The normalized spacial score (nSPS) is 9.88. The fourth-order valence-corrected chi connectivity index (χ4v) is 7.16. The maximum Gasteiger partial charge on any atom is 0.191 e. The molecule has 396 valence electrons. The van der Waals surface area contributed by atoms with Gasteiger partial charge in [-0.25, -0.2) is 15.0 Å². The van der Waals surface area contributed by atoms with Crippen LogP contribution in [0.3, 0.4) is 0 Å². The maximum atomic E-state index is 5.10. The maximum absolute atomic E-state index is 5.10. The second-order valence-corrected chi connectivity index (χ2v) is 20.3. The SMILES string of the molecule is Cc1nc(C)c(C)o1.Cc1nc(C)c(C)o1.Cc1nc(C)c(C)o1.Cc1noc(C)c1C.Cc1noc(C)c1C.Cc1noc(C)c1C.Cc1nsc(C)c1C.Cc1nsc(C)c1C.Cc1nsc(C)c1C. The third-order valence-corrected chi connectivity index (χ3v) is 14.6. The number of aryl methyl sites for hydroxylation is 21. The number of oxazole rings is 3. The molecule has 0 bridgehead atoms. The number of hydrogen-bond acceptors (Lipinski definition) is 18. The zero-order valence-corrected chi connectivity index (χ0v) is 50.6. The van der Waals surface area contributed by atoms with Gasteiger partial charge >= 0.3 is 0 Å². The van der Waals surface area contributed by atoms with E-state index in [-0.39, 0.29) is 0 Å². The second-order valence-electron chi connectivity index (χ2n) is 17.3. The third kappa shape index (κ3) is 21.9. The van der Waals surface area contributed by atoms with Crippen molar-refractivity contribution in [2.45, 2.75) is 187 Å². The van der Waals surface area contributed by atoms with Gasteiger partial charge in [0.25, 0.3) is 0 Å². The van der Waals surface area contributed by atoms with E-state index in [9.17, 15) is 0 Å². The molecule has 0 N–H and O–H groups in total. The number of nitrogens with zero attached hydrogens (tertiary/aromatic N) is 9. The van der Waals surface area contributed by atoms with Crippen LogP contribution in [-0.2, 0) is 0 Å². The van der Waals surface area contributed by atoms with Gasteiger partial charge in [0, 0.05) is 52.1 Å². The zero-order valence-electron chi connectivity index (χ0n) is 48.2. The standard InChI is InChI=1S/6C6H9NO.3C6H9NS/c3*1-4-5(2)8-6(3)7-4;6*1-4-5(2)7-8-6(4)3/h9*1-3H3. The lowest BCUT2D eigenvalue weighted by Gasteiger charge is -1.83. The Morgan fingerprint density at radius 3 is 0.486 bits per heavy atom. The van der Waals surface area contributed by atoms with Crippen molar-refractivity contribution in [1.29, 1.82) is 0 Å². The summed E-state index contributed by atoms with van der Waals surface area (Å²) in [5, 5.41) is 11.2. The predicted octanol–water partition coefficient (Wildman–Crippen LogP) is 15.8. The van der Waals surface area contributed by atoms with Gasteiger partial charge in [0.2, 0.25) is 0 Å². The molecule has 0 spiro atoms. The first kappa shape index (κ1) is 64.2. The van der Waals surface area contributed by atoms with Crippen LogP contribution in [0.4, 0.5) is 0 Å². The summed E-state index contributed by atoms with van der Waals surface area (Å²) in [6.07, 6.45) is 0. The number of rotatable bonds is 0. The Labute approximate surface area is 441 Å². The average molecular weight is 1050 g/mol. The highest BCUT2D eigenvalue weighted by molar-refractivity contribution is 7.06. The van der Waals surface area contributed by atoms with Crippen LogP contribution in [0.5, 0.6) is 0 Å². The van der Waals surface area contributed by atoms with Crippen LogP contribution in [0.2, 0.25) is 0 Å². The van der Waals surface area contributed by atoms with Gasteiger partial charge < -0.3 is 26.8 Å². The Morgan fingerprint density at radius 2 is 0.444 bits per heavy atom. The van der Waals surface area contributed by atoms with Crippen LogP contribution in [0.15, 0.2) is 26.8 Å². The van der Waals surface area contributed by atoms with Gasteiger partial charge in [-0.15, -0.1) is 0 Å².